The summed E-state index contributed by atoms with van der Waals surface area (Å²) in [4.78, 5) is 34.7. The monoisotopic (exact) mass is 513 g/mol. The quantitative estimate of drug-likeness (QED) is 0.159. The first kappa shape index (κ1) is 23.4. The molecule has 0 fully saturated rings. The van der Waals surface area contributed by atoms with Crippen molar-refractivity contribution in [3.05, 3.63) is 91.9 Å². The largest absolute Gasteiger partial charge is 0.507 e. The minimum absolute atomic E-state index is 0.0487. The van der Waals surface area contributed by atoms with E-state index in [0.29, 0.717) is 10.0 Å². The van der Waals surface area contributed by atoms with Crippen LogP contribution in [-0.2, 0) is 0 Å². The Kier molecular flexibility index (Phi) is 7.36. The number of hydrogen-bond acceptors (Lipinski definition) is 8. The van der Waals surface area contributed by atoms with E-state index in [4.69, 9.17) is 9.47 Å². The van der Waals surface area contributed by atoms with Crippen LogP contribution in [0.15, 0.2) is 70.2 Å². The number of phenols is 1. The number of non-ortho nitro benzene ring substituents is 1. The molecular weight excluding hydrogens is 498 g/mol. The molecule has 1 amide bonds. The van der Waals surface area contributed by atoms with Crippen molar-refractivity contribution in [1.82, 2.24) is 5.43 Å². The molecule has 2 N–H and O–H groups in total. The van der Waals surface area contributed by atoms with Gasteiger partial charge in [0.05, 0.1) is 29.4 Å². The van der Waals surface area contributed by atoms with Crippen LogP contribution >= 0.6 is 15.9 Å². The van der Waals surface area contributed by atoms with E-state index in [0.717, 1.165) is 0 Å². The van der Waals surface area contributed by atoms with Gasteiger partial charge in [0, 0.05) is 16.6 Å². The van der Waals surface area contributed by atoms with E-state index in [1.54, 1.807) is 12.1 Å². The molecule has 0 bridgehead atoms. The number of hydrazone groups is 1. The van der Waals surface area contributed by atoms with Gasteiger partial charge < -0.3 is 14.6 Å². The Morgan fingerprint density at radius 3 is 2.48 bits per heavy atom. The number of halogens is 1. The molecule has 0 radical (unpaired) electrons. The number of nitrogens with one attached hydrogen (secondary N) is 1. The summed E-state index contributed by atoms with van der Waals surface area (Å²) in [6.07, 6.45) is 1.34. The van der Waals surface area contributed by atoms with E-state index >= 15 is 0 Å². The number of aromatic hydroxyl groups is 1. The van der Waals surface area contributed by atoms with Crippen LogP contribution < -0.4 is 14.9 Å². The number of amides is 1. The smallest absolute Gasteiger partial charge is 0.343 e. The Morgan fingerprint density at radius 2 is 1.82 bits per heavy atom. The molecule has 33 heavy (non-hydrogen) atoms. The van der Waals surface area contributed by atoms with Crippen molar-refractivity contribution in [2.75, 3.05) is 7.11 Å². The molecule has 0 unspecified atom stereocenters. The van der Waals surface area contributed by atoms with E-state index in [2.05, 4.69) is 26.5 Å². The van der Waals surface area contributed by atoms with Gasteiger partial charge in [0.15, 0.2) is 11.5 Å². The summed E-state index contributed by atoms with van der Waals surface area (Å²) in [7, 11) is 1.39. The highest BCUT2D eigenvalue weighted by Gasteiger charge is 2.15. The Labute approximate surface area is 195 Å². The molecule has 0 aliphatic rings. The Bertz CT molecular complexity index is 1240. The highest BCUT2D eigenvalue weighted by Crippen LogP contribution is 2.28. The number of rotatable bonds is 7. The fourth-order valence-electron chi connectivity index (χ4n) is 2.64. The maximum atomic E-state index is 12.3. The Hall–Kier alpha value is -4.25. The van der Waals surface area contributed by atoms with Crippen molar-refractivity contribution in [2.45, 2.75) is 0 Å². The third kappa shape index (κ3) is 5.92. The number of ether oxygens (including phenoxy) is 2. The lowest BCUT2D eigenvalue weighted by Crippen LogP contribution is -2.17. The molecule has 3 aromatic carbocycles. The molecule has 0 saturated carbocycles. The van der Waals surface area contributed by atoms with E-state index in [1.165, 1.54) is 61.9 Å². The lowest BCUT2D eigenvalue weighted by atomic mass is 10.2. The summed E-state index contributed by atoms with van der Waals surface area (Å²) >= 11 is 3.23. The molecule has 0 aliphatic heterocycles. The Balaban J connectivity index is 1.68. The number of methoxy groups -OCH3 is 1. The second-order valence-electron chi connectivity index (χ2n) is 6.46. The summed E-state index contributed by atoms with van der Waals surface area (Å²) in [5.74, 6) is -1.16. The van der Waals surface area contributed by atoms with Gasteiger partial charge in [-0.15, -0.1) is 0 Å². The number of nitro benzene ring substituents is 1. The summed E-state index contributed by atoms with van der Waals surface area (Å²) in [6, 6.07) is 14.0. The van der Waals surface area contributed by atoms with Crippen LogP contribution in [0.5, 0.6) is 17.2 Å². The maximum absolute atomic E-state index is 12.3. The lowest BCUT2D eigenvalue weighted by Gasteiger charge is -2.10. The van der Waals surface area contributed by atoms with E-state index in [1.807, 2.05) is 0 Å². The van der Waals surface area contributed by atoms with Gasteiger partial charge in [0.1, 0.15) is 5.75 Å². The number of hydrogen-bond donors (Lipinski definition) is 2. The molecule has 0 aliphatic carbocycles. The topological polar surface area (TPSA) is 140 Å². The van der Waals surface area contributed by atoms with Crippen LogP contribution in [0.4, 0.5) is 5.69 Å². The second kappa shape index (κ2) is 10.4. The SMILES string of the molecule is COc1cc(/C=N\NC(=O)c2cc(Br)ccc2O)ccc1OC(=O)c1ccc([N+](=O)[O-])cc1. The van der Waals surface area contributed by atoms with E-state index in [9.17, 15) is 24.8 Å². The van der Waals surface area contributed by atoms with E-state index < -0.39 is 16.8 Å². The molecule has 168 valence electrons. The van der Waals surface area contributed by atoms with Gasteiger partial charge in [0.2, 0.25) is 0 Å². The average molecular weight is 514 g/mol. The highest BCUT2D eigenvalue weighted by molar-refractivity contribution is 9.10. The van der Waals surface area contributed by atoms with Crippen molar-refractivity contribution in [1.29, 1.82) is 0 Å². The summed E-state index contributed by atoms with van der Waals surface area (Å²) in [6.45, 7) is 0. The number of carbonyl (C=O) groups excluding carboxylic acids is 2. The van der Waals surface area contributed by atoms with Crippen LogP contribution in [0.1, 0.15) is 26.3 Å². The molecular formula is C22H16BrN3O7. The molecule has 0 saturated heterocycles. The van der Waals surface area contributed by atoms with Crippen LogP contribution in [0, 0.1) is 10.1 Å². The van der Waals surface area contributed by atoms with Crippen LogP contribution in [0.3, 0.4) is 0 Å². The van der Waals surface area contributed by atoms with Gasteiger partial charge in [-0.1, -0.05) is 15.9 Å². The van der Waals surface area contributed by atoms with Crippen molar-refractivity contribution >= 4 is 39.7 Å². The van der Waals surface area contributed by atoms with Gasteiger partial charge in [-0.3, -0.25) is 14.9 Å². The van der Waals surface area contributed by atoms with Gasteiger partial charge in [-0.05, 0) is 54.1 Å². The molecule has 3 rings (SSSR count). The summed E-state index contributed by atoms with van der Waals surface area (Å²) in [5.41, 5.74) is 2.87. The molecule has 3 aromatic rings. The lowest BCUT2D eigenvalue weighted by molar-refractivity contribution is -0.384. The summed E-state index contributed by atoms with van der Waals surface area (Å²) in [5, 5.41) is 24.4. The zero-order valence-electron chi connectivity index (χ0n) is 17.0. The van der Waals surface area contributed by atoms with Crippen LogP contribution in [0.2, 0.25) is 0 Å². The van der Waals surface area contributed by atoms with Gasteiger partial charge in [-0.25, -0.2) is 10.2 Å². The summed E-state index contributed by atoms with van der Waals surface area (Å²) < 4.78 is 11.2. The van der Waals surface area contributed by atoms with Crippen LogP contribution in [-0.4, -0.2) is 35.2 Å². The number of phenolic OH excluding ortho intramolecular Hbond substituents is 1. The highest BCUT2D eigenvalue weighted by atomic mass is 79.9. The van der Waals surface area contributed by atoms with Crippen molar-refractivity contribution in [3.63, 3.8) is 0 Å². The van der Waals surface area contributed by atoms with Crippen LogP contribution in [0.25, 0.3) is 0 Å². The first-order valence-electron chi connectivity index (χ1n) is 9.25. The predicted octanol–water partition coefficient (Wildman–Crippen LogP) is 4.05. The molecule has 0 spiro atoms. The normalized spacial score (nSPS) is 10.6. The molecule has 0 heterocycles. The third-order valence-electron chi connectivity index (χ3n) is 4.29. The average Bonchev–Trinajstić information content (AvgIpc) is 2.81. The molecule has 11 heteroatoms. The first-order chi connectivity index (χ1) is 15.8. The van der Waals surface area contributed by atoms with Crippen molar-refractivity contribution in [2.24, 2.45) is 5.10 Å². The molecule has 0 aromatic heterocycles. The van der Waals surface area contributed by atoms with Gasteiger partial charge in [-0.2, -0.15) is 5.10 Å². The molecule has 0 atom stereocenters. The van der Waals surface area contributed by atoms with Gasteiger partial charge in [0.25, 0.3) is 11.6 Å². The maximum Gasteiger partial charge on any atom is 0.343 e. The number of benzene rings is 3. The number of nitrogens with zero attached hydrogens (tertiary/aromatic N) is 2. The minimum Gasteiger partial charge on any atom is -0.507 e. The van der Waals surface area contributed by atoms with Crippen molar-refractivity contribution in [3.8, 4) is 17.2 Å². The fraction of sp³-hybridized carbons (Fsp3) is 0.0455. The fourth-order valence-corrected chi connectivity index (χ4v) is 3.00. The number of carbonyl (C=O) groups is 2. The number of nitro groups is 1. The minimum atomic E-state index is -0.717. The predicted molar refractivity (Wildman–Crippen MR) is 122 cm³/mol. The van der Waals surface area contributed by atoms with E-state index in [-0.39, 0.29) is 34.1 Å². The first-order valence-corrected chi connectivity index (χ1v) is 10.0. The van der Waals surface area contributed by atoms with Gasteiger partial charge >= 0.3 is 5.97 Å². The zero-order valence-corrected chi connectivity index (χ0v) is 18.6. The number of esters is 1. The zero-order chi connectivity index (χ0) is 24.0. The Morgan fingerprint density at radius 1 is 1.09 bits per heavy atom. The third-order valence-corrected chi connectivity index (χ3v) is 4.78. The second-order valence-corrected chi connectivity index (χ2v) is 7.38. The standard InChI is InChI=1S/C22H16BrN3O7/c1-32-20-10-13(12-24-25-21(28)17-11-15(23)5-8-18(17)27)2-9-19(20)33-22(29)14-3-6-16(7-4-14)26(30)31/h2-12,27H,1H3,(H,25,28)/b24-12-. The van der Waals surface area contributed by atoms with Crippen molar-refractivity contribution < 1.29 is 29.1 Å². The molecule has 10 nitrogen and oxygen atoms in total.